The standard InChI is InChI=1S/Ce.4H2O.Ti/h;4*1H2;/q+4;;;;;/p-4. The maximum absolute atomic E-state index is 0. The molecular weight excluding hydrogens is 252 g/mol. The Labute approximate surface area is 84.2 Å². The van der Waals surface area contributed by atoms with Crippen molar-refractivity contribution in [1.82, 2.24) is 0 Å². The summed E-state index contributed by atoms with van der Waals surface area (Å²) in [5, 5.41) is 0. The monoisotopic (exact) mass is 256 g/mol. The molecule has 0 unspecified atom stereocenters. The summed E-state index contributed by atoms with van der Waals surface area (Å²) in [6.45, 7) is 0. The van der Waals surface area contributed by atoms with Gasteiger partial charge in [0.25, 0.3) is 0 Å². The Morgan fingerprint density at radius 1 is 0.500 bits per heavy atom. The average Bonchev–Trinajstić information content (AvgIpc) is 0. The van der Waals surface area contributed by atoms with Crippen LogP contribution in [0.1, 0.15) is 0 Å². The fourth-order valence-corrected chi connectivity index (χ4v) is 0. The fourth-order valence-electron chi connectivity index (χ4n) is 0. The normalized spacial score (nSPS) is 0. The van der Waals surface area contributed by atoms with Crippen molar-refractivity contribution in [3.63, 3.8) is 0 Å². The van der Waals surface area contributed by atoms with E-state index in [0.717, 1.165) is 0 Å². The molecule has 0 aliphatic rings. The van der Waals surface area contributed by atoms with Crippen molar-refractivity contribution < 1.29 is 85.4 Å². The first-order valence-corrected chi connectivity index (χ1v) is 0. The summed E-state index contributed by atoms with van der Waals surface area (Å²) in [5.41, 5.74) is 0. The molecule has 36 valence electrons. The van der Waals surface area contributed by atoms with E-state index in [2.05, 4.69) is 0 Å². The van der Waals surface area contributed by atoms with Gasteiger partial charge >= 0.3 is 41.7 Å². The third-order valence-electron chi connectivity index (χ3n) is 0. The van der Waals surface area contributed by atoms with E-state index >= 15 is 0 Å². The molecule has 4 N–H and O–H groups in total. The minimum Gasteiger partial charge on any atom is -0.870 e. The zero-order valence-corrected chi connectivity index (χ0v) is 7.49. The summed E-state index contributed by atoms with van der Waals surface area (Å²) in [5.74, 6) is 0. The van der Waals surface area contributed by atoms with Crippen molar-refractivity contribution in [2.24, 2.45) is 0 Å². The second-order valence-corrected chi connectivity index (χ2v) is 0. The number of rotatable bonds is 0. The van der Waals surface area contributed by atoms with E-state index < -0.39 is 0 Å². The SMILES string of the molecule is [Ce+4].[OH-].[OH-].[OH-].[OH-].[Ti]. The molecule has 4 nitrogen and oxygen atoms in total. The fraction of sp³-hybridized carbons (Fsp3) is 0. The molecule has 0 aromatic heterocycles. The minimum absolute atomic E-state index is 0. The Bertz CT molecular complexity index is 7.51. The van der Waals surface area contributed by atoms with Gasteiger partial charge in [0, 0.05) is 21.7 Å². The average molecular weight is 256 g/mol. The number of hydrogen-bond donors (Lipinski definition) is 0. The van der Waals surface area contributed by atoms with Crippen LogP contribution in [0.25, 0.3) is 0 Å². The molecule has 0 fully saturated rings. The maximum Gasteiger partial charge on any atom is 4.00 e. The molecule has 0 aliphatic heterocycles. The van der Waals surface area contributed by atoms with E-state index in [1.807, 2.05) is 0 Å². The van der Waals surface area contributed by atoms with Crippen molar-refractivity contribution in [3.8, 4) is 0 Å². The first-order valence-electron chi connectivity index (χ1n) is 0. The van der Waals surface area contributed by atoms with E-state index in [4.69, 9.17) is 0 Å². The van der Waals surface area contributed by atoms with E-state index in [0.29, 0.717) is 0 Å². The largest absolute Gasteiger partial charge is 4.00 e. The molecule has 0 radical (unpaired) electrons. The van der Waals surface area contributed by atoms with Gasteiger partial charge in [-0.05, 0) is 0 Å². The summed E-state index contributed by atoms with van der Waals surface area (Å²) < 4.78 is 0. The summed E-state index contributed by atoms with van der Waals surface area (Å²) in [4.78, 5) is 0. The van der Waals surface area contributed by atoms with Gasteiger partial charge in [0.15, 0.2) is 0 Å². The van der Waals surface area contributed by atoms with Gasteiger partial charge in [0.2, 0.25) is 0 Å². The van der Waals surface area contributed by atoms with Gasteiger partial charge in [-0.25, -0.2) is 0 Å². The second-order valence-electron chi connectivity index (χ2n) is 0. The maximum atomic E-state index is 0. The molecule has 6 heavy (non-hydrogen) atoms. The quantitative estimate of drug-likeness (QED) is 0.531. The van der Waals surface area contributed by atoms with Crippen LogP contribution in [0.2, 0.25) is 0 Å². The van der Waals surface area contributed by atoms with E-state index in [1.165, 1.54) is 0 Å². The van der Waals surface area contributed by atoms with Crippen molar-refractivity contribution >= 4 is 0 Å². The predicted molar refractivity (Wildman–Crippen MR) is 7.74 cm³/mol. The van der Waals surface area contributed by atoms with Gasteiger partial charge < -0.3 is 21.9 Å². The second kappa shape index (κ2) is 65.4. The van der Waals surface area contributed by atoms with Crippen molar-refractivity contribution in [2.75, 3.05) is 0 Å². The molecule has 0 aliphatic carbocycles. The molecule has 0 spiro atoms. The molecule has 0 atom stereocenters. The first kappa shape index (κ1) is 102. The topological polar surface area (TPSA) is 120 Å². The van der Waals surface area contributed by atoms with Gasteiger partial charge in [-0.2, -0.15) is 0 Å². The van der Waals surface area contributed by atoms with Crippen LogP contribution >= 0.6 is 0 Å². The van der Waals surface area contributed by atoms with Crippen LogP contribution in [0.15, 0.2) is 0 Å². The van der Waals surface area contributed by atoms with E-state index in [1.54, 1.807) is 0 Å². The molecule has 0 saturated heterocycles. The van der Waals surface area contributed by atoms with Gasteiger partial charge in [0.1, 0.15) is 0 Å². The van der Waals surface area contributed by atoms with Crippen LogP contribution in [0.4, 0.5) is 0 Å². The Hall–Kier alpha value is 1.93. The van der Waals surface area contributed by atoms with Crippen molar-refractivity contribution in [3.05, 3.63) is 0 Å². The van der Waals surface area contributed by atoms with Crippen LogP contribution in [0, 0.1) is 41.7 Å². The molecule has 0 heterocycles. The molecule has 0 aromatic carbocycles. The Kier molecular flexibility index (Phi) is 1110. The summed E-state index contributed by atoms with van der Waals surface area (Å²) in [7, 11) is 0. The smallest absolute Gasteiger partial charge is 0.870 e. The molecule has 0 saturated carbocycles. The predicted octanol–water partition coefficient (Wildman–Crippen LogP) is -0.710. The summed E-state index contributed by atoms with van der Waals surface area (Å²) in [6.07, 6.45) is 0. The van der Waals surface area contributed by atoms with Crippen molar-refractivity contribution in [1.29, 1.82) is 0 Å². The van der Waals surface area contributed by atoms with Crippen LogP contribution in [-0.4, -0.2) is 21.9 Å². The van der Waals surface area contributed by atoms with Gasteiger partial charge in [0.05, 0.1) is 0 Å². The Morgan fingerprint density at radius 3 is 0.500 bits per heavy atom. The van der Waals surface area contributed by atoms with Crippen LogP contribution in [0.3, 0.4) is 0 Å². The Morgan fingerprint density at radius 2 is 0.500 bits per heavy atom. The molecular formula is H4CeO4Ti. The zero-order valence-electron chi connectivity index (χ0n) is 2.79. The molecule has 6 heteroatoms. The van der Waals surface area contributed by atoms with Crippen LogP contribution in [-0.2, 0) is 21.7 Å². The third kappa shape index (κ3) is 38.7. The summed E-state index contributed by atoms with van der Waals surface area (Å²) in [6, 6.07) is 0. The molecule has 0 bridgehead atoms. The summed E-state index contributed by atoms with van der Waals surface area (Å²) >= 11 is 0. The number of hydrogen-bond acceptors (Lipinski definition) is 4. The van der Waals surface area contributed by atoms with E-state index in [-0.39, 0.29) is 85.4 Å². The van der Waals surface area contributed by atoms with Crippen molar-refractivity contribution in [2.45, 2.75) is 0 Å². The third-order valence-corrected chi connectivity index (χ3v) is 0. The van der Waals surface area contributed by atoms with Gasteiger partial charge in [-0.3, -0.25) is 0 Å². The first-order chi connectivity index (χ1) is 0. The zero-order chi connectivity index (χ0) is 0. The molecule has 0 amide bonds. The molecule has 0 rings (SSSR count). The molecule has 0 aromatic rings. The van der Waals surface area contributed by atoms with E-state index in [9.17, 15) is 0 Å². The van der Waals surface area contributed by atoms with Crippen LogP contribution in [0.5, 0.6) is 0 Å². The van der Waals surface area contributed by atoms with Gasteiger partial charge in [-0.15, -0.1) is 0 Å². The minimum atomic E-state index is 0. The van der Waals surface area contributed by atoms with Crippen LogP contribution < -0.4 is 0 Å². The van der Waals surface area contributed by atoms with Gasteiger partial charge in [-0.1, -0.05) is 0 Å². The Balaban J connectivity index is 0.